The molecule has 1 rings (SSSR count). The standard InChI is InChI=1S/C17H29NO3/c1-5-10-18-17(4,13-19)12-14(3)21-16-9-7-8-15(11-16)20-6-2/h7-9,11,14,18-19H,5-6,10,12-13H2,1-4H3. The van der Waals surface area contributed by atoms with E-state index in [1.807, 2.05) is 45.0 Å². The molecule has 4 heteroatoms. The zero-order valence-corrected chi connectivity index (χ0v) is 13.7. The summed E-state index contributed by atoms with van der Waals surface area (Å²) in [5.41, 5.74) is -0.313. The third-order valence-corrected chi connectivity index (χ3v) is 3.34. The summed E-state index contributed by atoms with van der Waals surface area (Å²) in [6, 6.07) is 7.67. The van der Waals surface area contributed by atoms with E-state index in [0.717, 1.165) is 30.9 Å². The van der Waals surface area contributed by atoms with Gasteiger partial charge in [0, 0.05) is 18.0 Å². The van der Waals surface area contributed by atoms with E-state index in [9.17, 15) is 5.11 Å². The smallest absolute Gasteiger partial charge is 0.123 e. The van der Waals surface area contributed by atoms with Crippen LogP contribution in [-0.4, -0.2) is 36.5 Å². The van der Waals surface area contributed by atoms with Gasteiger partial charge in [0.25, 0.3) is 0 Å². The molecule has 0 aliphatic rings. The van der Waals surface area contributed by atoms with E-state index < -0.39 is 0 Å². The molecule has 0 saturated heterocycles. The van der Waals surface area contributed by atoms with Crippen LogP contribution in [-0.2, 0) is 0 Å². The first-order valence-electron chi connectivity index (χ1n) is 7.78. The fourth-order valence-electron chi connectivity index (χ4n) is 2.33. The molecule has 0 aliphatic carbocycles. The number of rotatable bonds is 10. The van der Waals surface area contributed by atoms with Crippen LogP contribution in [0.3, 0.4) is 0 Å². The number of ether oxygens (including phenoxy) is 2. The second-order valence-corrected chi connectivity index (χ2v) is 5.69. The molecule has 4 nitrogen and oxygen atoms in total. The van der Waals surface area contributed by atoms with E-state index in [1.165, 1.54) is 0 Å². The minimum Gasteiger partial charge on any atom is -0.494 e. The molecule has 0 aromatic heterocycles. The van der Waals surface area contributed by atoms with Crippen LogP contribution in [0.5, 0.6) is 11.5 Å². The van der Waals surface area contributed by atoms with E-state index in [2.05, 4.69) is 12.2 Å². The predicted molar refractivity (Wildman–Crippen MR) is 86.1 cm³/mol. The Kier molecular flexibility index (Phi) is 7.54. The molecular weight excluding hydrogens is 266 g/mol. The summed E-state index contributed by atoms with van der Waals surface area (Å²) in [4.78, 5) is 0. The van der Waals surface area contributed by atoms with Crippen LogP contribution < -0.4 is 14.8 Å². The van der Waals surface area contributed by atoms with Gasteiger partial charge in [-0.05, 0) is 45.9 Å². The molecule has 0 amide bonds. The van der Waals surface area contributed by atoms with E-state index in [4.69, 9.17) is 9.47 Å². The topological polar surface area (TPSA) is 50.7 Å². The lowest BCUT2D eigenvalue weighted by atomic mass is 9.95. The van der Waals surface area contributed by atoms with Crippen LogP contribution in [0.15, 0.2) is 24.3 Å². The molecule has 21 heavy (non-hydrogen) atoms. The number of hydrogen-bond donors (Lipinski definition) is 2. The summed E-state index contributed by atoms with van der Waals surface area (Å²) in [5, 5.41) is 13.0. The maximum Gasteiger partial charge on any atom is 0.123 e. The lowest BCUT2D eigenvalue weighted by Crippen LogP contribution is -2.48. The maximum atomic E-state index is 9.60. The van der Waals surface area contributed by atoms with Crippen molar-refractivity contribution >= 4 is 0 Å². The fourth-order valence-corrected chi connectivity index (χ4v) is 2.33. The Morgan fingerprint density at radius 1 is 1.29 bits per heavy atom. The van der Waals surface area contributed by atoms with Crippen molar-refractivity contribution in [1.29, 1.82) is 0 Å². The van der Waals surface area contributed by atoms with E-state index >= 15 is 0 Å². The monoisotopic (exact) mass is 295 g/mol. The summed E-state index contributed by atoms with van der Waals surface area (Å²) in [7, 11) is 0. The van der Waals surface area contributed by atoms with Crippen molar-refractivity contribution in [3.63, 3.8) is 0 Å². The van der Waals surface area contributed by atoms with Gasteiger partial charge in [0.05, 0.1) is 19.3 Å². The van der Waals surface area contributed by atoms with Crippen LogP contribution in [0.25, 0.3) is 0 Å². The number of nitrogens with one attached hydrogen (secondary N) is 1. The number of aliphatic hydroxyl groups excluding tert-OH is 1. The van der Waals surface area contributed by atoms with Crippen molar-refractivity contribution in [3.8, 4) is 11.5 Å². The molecule has 2 atom stereocenters. The van der Waals surface area contributed by atoms with Gasteiger partial charge in [-0.2, -0.15) is 0 Å². The first-order chi connectivity index (χ1) is 10.0. The van der Waals surface area contributed by atoms with Crippen LogP contribution in [0.2, 0.25) is 0 Å². The SMILES string of the molecule is CCCNC(C)(CO)CC(C)Oc1cccc(OCC)c1. The third-order valence-electron chi connectivity index (χ3n) is 3.34. The molecule has 1 aromatic carbocycles. The first kappa shape index (κ1) is 17.8. The lowest BCUT2D eigenvalue weighted by Gasteiger charge is -2.31. The second-order valence-electron chi connectivity index (χ2n) is 5.69. The van der Waals surface area contributed by atoms with Gasteiger partial charge in [-0.1, -0.05) is 13.0 Å². The van der Waals surface area contributed by atoms with Gasteiger partial charge < -0.3 is 19.9 Å². The molecule has 2 N–H and O–H groups in total. The number of benzene rings is 1. The maximum absolute atomic E-state index is 9.60. The molecule has 1 aromatic rings. The van der Waals surface area contributed by atoms with Gasteiger partial charge >= 0.3 is 0 Å². The van der Waals surface area contributed by atoms with Gasteiger partial charge in [-0.15, -0.1) is 0 Å². The minimum atomic E-state index is -0.313. The van der Waals surface area contributed by atoms with Crippen LogP contribution in [0.1, 0.15) is 40.5 Å². The quantitative estimate of drug-likeness (QED) is 0.697. The fraction of sp³-hybridized carbons (Fsp3) is 0.647. The van der Waals surface area contributed by atoms with Crippen LogP contribution in [0, 0.1) is 0 Å². The first-order valence-corrected chi connectivity index (χ1v) is 7.78. The third kappa shape index (κ3) is 6.36. The van der Waals surface area contributed by atoms with Gasteiger partial charge in [-0.25, -0.2) is 0 Å². The van der Waals surface area contributed by atoms with Crippen molar-refractivity contribution in [2.24, 2.45) is 0 Å². The molecule has 120 valence electrons. The molecule has 0 spiro atoms. The van der Waals surface area contributed by atoms with Gasteiger partial charge in [0.2, 0.25) is 0 Å². The zero-order chi connectivity index (χ0) is 15.7. The summed E-state index contributed by atoms with van der Waals surface area (Å²) in [5.74, 6) is 1.61. The molecule has 0 aliphatic heterocycles. The predicted octanol–water partition coefficient (Wildman–Crippen LogP) is 2.99. The highest BCUT2D eigenvalue weighted by Crippen LogP contribution is 2.22. The number of aliphatic hydroxyl groups is 1. The summed E-state index contributed by atoms with van der Waals surface area (Å²) in [6.45, 7) is 9.76. The Hall–Kier alpha value is -1.26. The van der Waals surface area contributed by atoms with Crippen LogP contribution in [0.4, 0.5) is 0 Å². The number of hydrogen-bond acceptors (Lipinski definition) is 4. The van der Waals surface area contributed by atoms with E-state index in [-0.39, 0.29) is 18.2 Å². The van der Waals surface area contributed by atoms with E-state index in [1.54, 1.807) is 0 Å². The van der Waals surface area contributed by atoms with Crippen molar-refractivity contribution in [3.05, 3.63) is 24.3 Å². The summed E-state index contributed by atoms with van der Waals surface area (Å²) in [6.07, 6.45) is 1.78. The van der Waals surface area contributed by atoms with E-state index in [0.29, 0.717) is 6.61 Å². The normalized spacial score (nSPS) is 15.3. The molecule has 0 bridgehead atoms. The highest BCUT2D eigenvalue weighted by atomic mass is 16.5. The second kappa shape index (κ2) is 8.90. The van der Waals surface area contributed by atoms with Crippen LogP contribution >= 0.6 is 0 Å². The highest BCUT2D eigenvalue weighted by molar-refractivity contribution is 5.33. The van der Waals surface area contributed by atoms with Gasteiger partial charge in [-0.3, -0.25) is 0 Å². The zero-order valence-electron chi connectivity index (χ0n) is 13.7. The van der Waals surface area contributed by atoms with Crippen molar-refractivity contribution < 1.29 is 14.6 Å². The van der Waals surface area contributed by atoms with Crippen molar-refractivity contribution in [2.75, 3.05) is 19.8 Å². The Morgan fingerprint density at radius 2 is 2.00 bits per heavy atom. The Balaban J connectivity index is 2.59. The molecule has 0 heterocycles. The van der Waals surface area contributed by atoms with Crippen molar-refractivity contribution in [1.82, 2.24) is 5.32 Å². The van der Waals surface area contributed by atoms with Gasteiger partial charge in [0.15, 0.2) is 0 Å². The molecular formula is C17H29NO3. The lowest BCUT2D eigenvalue weighted by molar-refractivity contribution is 0.110. The highest BCUT2D eigenvalue weighted by Gasteiger charge is 2.25. The Bertz CT molecular complexity index is 411. The summed E-state index contributed by atoms with van der Waals surface area (Å²) < 4.78 is 11.4. The largest absolute Gasteiger partial charge is 0.494 e. The summed E-state index contributed by atoms with van der Waals surface area (Å²) >= 11 is 0. The van der Waals surface area contributed by atoms with Crippen molar-refractivity contribution in [2.45, 2.75) is 52.2 Å². The molecule has 0 fully saturated rings. The minimum absolute atomic E-state index is 0.00313. The molecule has 2 unspecified atom stereocenters. The van der Waals surface area contributed by atoms with Gasteiger partial charge in [0.1, 0.15) is 11.5 Å². The molecule has 0 radical (unpaired) electrons. The Labute approximate surface area is 128 Å². The average molecular weight is 295 g/mol. The molecule has 0 saturated carbocycles. The Morgan fingerprint density at radius 3 is 2.62 bits per heavy atom. The average Bonchev–Trinajstić information content (AvgIpc) is 2.46.